The second kappa shape index (κ2) is 9.52. The van der Waals surface area contributed by atoms with Crippen molar-refractivity contribution in [1.29, 1.82) is 0 Å². The Morgan fingerprint density at radius 3 is 2.46 bits per heavy atom. The van der Waals surface area contributed by atoms with Gasteiger partial charge in [0.25, 0.3) is 11.9 Å². The molecule has 0 unspecified atom stereocenters. The summed E-state index contributed by atoms with van der Waals surface area (Å²) in [6.07, 6.45) is 2.05. The van der Waals surface area contributed by atoms with Gasteiger partial charge in [0, 0.05) is 10.7 Å². The first-order chi connectivity index (χ1) is 17.1. The molecule has 1 amide bonds. The molecule has 8 nitrogen and oxygen atoms in total. The molecule has 4 aromatic rings. The molecule has 2 heterocycles. The second-order valence-electron chi connectivity index (χ2n) is 7.79. The summed E-state index contributed by atoms with van der Waals surface area (Å²) in [6, 6.07) is 22.0. The molecule has 2 N–H and O–H groups in total. The highest BCUT2D eigenvalue weighted by Crippen LogP contribution is 2.34. The van der Waals surface area contributed by atoms with E-state index in [-0.39, 0.29) is 17.9 Å². The van der Waals surface area contributed by atoms with Crippen molar-refractivity contribution in [2.75, 3.05) is 24.9 Å². The minimum absolute atomic E-state index is 0.174. The van der Waals surface area contributed by atoms with Crippen LogP contribution in [0.15, 0.2) is 78.9 Å². The van der Waals surface area contributed by atoms with Crippen LogP contribution in [0.4, 0.5) is 11.9 Å². The van der Waals surface area contributed by atoms with Gasteiger partial charge in [-0.2, -0.15) is 4.98 Å². The van der Waals surface area contributed by atoms with Crippen molar-refractivity contribution < 1.29 is 14.3 Å². The van der Waals surface area contributed by atoms with Crippen molar-refractivity contribution in [2.24, 2.45) is 0 Å². The van der Waals surface area contributed by atoms with Gasteiger partial charge in [0.1, 0.15) is 17.5 Å². The lowest BCUT2D eigenvalue weighted by atomic mass is 10.0. The predicted molar refractivity (Wildman–Crippen MR) is 135 cm³/mol. The standard InChI is InChI=1S/C26H22ClN5O3/c1-34-19-13-9-17(10-14-19)22-15-21(16-7-11-18(27)12-8-16)28-26-30-25(31-32(22)26)29-24(33)20-5-3-4-6-23(20)35-2/h3-15,22H,1-2H3,(H2,28,29,30,31,33)/t22-/m1/s1. The third-order valence-electron chi connectivity index (χ3n) is 5.66. The van der Waals surface area contributed by atoms with Crippen molar-refractivity contribution in [3.63, 3.8) is 0 Å². The van der Waals surface area contributed by atoms with Crippen molar-refractivity contribution in [3.05, 3.63) is 101 Å². The van der Waals surface area contributed by atoms with Crippen LogP contribution in [0.1, 0.15) is 27.5 Å². The minimum Gasteiger partial charge on any atom is -0.497 e. The number of para-hydroxylation sites is 1. The smallest absolute Gasteiger partial charge is 0.261 e. The molecule has 176 valence electrons. The topological polar surface area (TPSA) is 90.3 Å². The van der Waals surface area contributed by atoms with Crippen molar-refractivity contribution in [2.45, 2.75) is 6.04 Å². The Balaban J connectivity index is 1.51. The molecule has 0 bridgehead atoms. The van der Waals surface area contributed by atoms with Crippen molar-refractivity contribution in [1.82, 2.24) is 14.8 Å². The van der Waals surface area contributed by atoms with E-state index < -0.39 is 0 Å². The maximum Gasteiger partial charge on any atom is 0.261 e. The zero-order valence-electron chi connectivity index (χ0n) is 19.0. The highest BCUT2D eigenvalue weighted by molar-refractivity contribution is 6.30. The van der Waals surface area contributed by atoms with Crippen LogP contribution in [0.2, 0.25) is 5.02 Å². The van der Waals surface area contributed by atoms with Crippen LogP contribution in [-0.4, -0.2) is 34.9 Å². The molecular formula is C26H22ClN5O3. The van der Waals surface area contributed by atoms with Crippen LogP contribution in [0.3, 0.4) is 0 Å². The van der Waals surface area contributed by atoms with Crippen LogP contribution in [0.25, 0.3) is 5.70 Å². The molecule has 1 aliphatic heterocycles. The molecule has 0 saturated heterocycles. The van der Waals surface area contributed by atoms with Gasteiger partial charge in [-0.05, 0) is 53.6 Å². The number of ether oxygens (including phenoxy) is 2. The van der Waals surface area contributed by atoms with E-state index in [1.807, 2.05) is 48.5 Å². The number of amides is 1. The van der Waals surface area contributed by atoms with Crippen LogP contribution in [0, 0.1) is 0 Å². The van der Waals surface area contributed by atoms with Gasteiger partial charge < -0.3 is 14.8 Å². The molecule has 9 heteroatoms. The maximum atomic E-state index is 12.9. The first kappa shape index (κ1) is 22.5. The van der Waals surface area contributed by atoms with Gasteiger partial charge in [0.05, 0.1) is 19.8 Å². The monoisotopic (exact) mass is 487 g/mol. The molecule has 0 radical (unpaired) electrons. The average molecular weight is 488 g/mol. The quantitative estimate of drug-likeness (QED) is 0.385. The number of rotatable bonds is 6. The molecule has 0 spiro atoms. The molecular weight excluding hydrogens is 466 g/mol. The number of carbonyl (C=O) groups is 1. The van der Waals surface area contributed by atoms with E-state index in [2.05, 4.69) is 26.8 Å². The van der Waals surface area contributed by atoms with Crippen molar-refractivity contribution >= 4 is 35.1 Å². The van der Waals surface area contributed by atoms with Crippen LogP contribution in [-0.2, 0) is 0 Å². The second-order valence-corrected chi connectivity index (χ2v) is 8.22. The number of benzene rings is 3. The minimum atomic E-state index is -0.364. The SMILES string of the molecule is COc1ccc([C@H]2C=C(c3ccc(Cl)cc3)Nc3nc(NC(=O)c4ccccc4OC)nn32)cc1. The van der Waals surface area contributed by atoms with Gasteiger partial charge in [-0.1, -0.05) is 48.0 Å². The summed E-state index contributed by atoms with van der Waals surface area (Å²) in [4.78, 5) is 17.5. The third kappa shape index (κ3) is 4.56. The summed E-state index contributed by atoms with van der Waals surface area (Å²) < 4.78 is 12.3. The number of nitrogens with one attached hydrogen (secondary N) is 2. The number of anilines is 2. The average Bonchev–Trinajstić information content (AvgIpc) is 3.30. The van der Waals surface area contributed by atoms with Crippen LogP contribution < -0.4 is 20.1 Å². The fraction of sp³-hybridized carbons (Fsp3) is 0.115. The summed E-state index contributed by atoms with van der Waals surface area (Å²) in [5.74, 6) is 1.53. The molecule has 3 aromatic carbocycles. The molecule has 1 aromatic heterocycles. The molecule has 0 fully saturated rings. The predicted octanol–water partition coefficient (Wildman–Crippen LogP) is 5.26. The van der Waals surface area contributed by atoms with E-state index in [4.69, 9.17) is 21.1 Å². The number of methoxy groups -OCH3 is 2. The number of halogens is 1. The van der Waals surface area contributed by atoms with E-state index in [1.165, 1.54) is 7.11 Å². The highest BCUT2D eigenvalue weighted by atomic mass is 35.5. The van der Waals surface area contributed by atoms with Crippen LogP contribution in [0.5, 0.6) is 11.5 Å². The molecule has 0 saturated carbocycles. The largest absolute Gasteiger partial charge is 0.497 e. The number of aromatic nitrogens is 3. The number of fused-ring (bicyclic) bond motifs is 1. The van der Waals surface area contributed by atoms with Gasteiger partial charge in [-0.15, -0.1) is 5.10 Å². The number of hydrogen-bond acceptors (Lipinski definition) is 6. The van der Waals surface area contributed by atoms with E-state index >= 15 is 0 Å². The lowest BCUT2D eigenvalue weighted by molar-refractivity contribution is 0.102. The Morgan fingerprint density at radius 2 is 1.74 bits per heavy atom. The van der Waals surface area contributed by atoms with Gasteiger partial charge in [0.15, 0.2) is 0 Å². The summed E-state index contributed by atoms with van der Waals surface area (Å²) in [5.41, 5.74) is 3.17. The molecule has 35 heavy (non-hydrogen) atoms. The highest BCUT2D eigenvalue weighted by Gasteiger charge is 2.26. The Bertz CT molecular complexity index is 1400. The molecule has 0 aliphatic carbocycles. The lowest BCUT2D eigenvalue weighted by Gasteiger charge is -2.24. The number of nitrogens with zero attached hydrogens (tertiary/aromatic N) is 3. The summed E-state index contributed by atoms with van der Waals surface area (Å²) in [6.45, 7) is 0. The van der Waals surface area contributed by atoms with Gasteiger partial charge >= 0.3 is 0 Å². The van der Waals surface area contributed by atoms with E-state index in [9.17, 15) is 4.79 Å². The van der Waals surface area contributed by atoms with E-state index in [0.29, 0.717) is 22.3 Å². The van der Waals surface area contributed by atoms with E-state index in [0.717, 1.165) is 22.6 Å². The van der Waals surface area contributed by atoms with Gasteiger partial charge in [0.2, 0.25) is 5.95 Å². The van der Waals surface area contributed by atoms with Gasteiger partial charge in [-0.3, -0.25) is 10.1 Å². The fourth-order valence-electron chi connectivity index (χ4n) is 3.88. The first-order valence-corrected chi connectivity index (χ1v) is 11.2. The number of carbonyl (C=O) groups excluding carboxylic acids is 1. The molecule has 1 atom stereocenters. The normalized spacial score (nSPS) is 14.4. The Kier molecular flexibility index (Phi) is 6.12. The molecule has 1 aliphatic rings. The Morgan fingerprint density at radius 1 is 1.00 bits per heavy atom. The zero-order valence-corrected chi connectivity index (χ0v) is 19.8. The fourth-order valence-corrected chi connectivity index (χ4v) is 4.01. The van der Waals surface area contributed by atoms with Crippen LogP contribution >= 0.6 is 11.6 Å². The van der Waals surface area contributed by atoms with Gasteiger partial charge in [-0.25, -0.2) is 4.68 Å². The summed E-state index contributed by atoms with van der Waals surface area (Å²) >= 11 is 6.08. The maximum absolute atomic E-state index is 12.9. The van der Waals surface area contributed by atoms with Crippen molar-refractivity contribution in [3.8, 4) is 11.5 Å². The number of hydrogen-bond donors (Lipinski definition) is 2. The summed E-state index contributed by atoms with van der Waals surface area (Å²) in [7, 11) is 3.15. The number of allylic oxidation sites excluding steroid dienone is 1. The lowest BCUT2D eigenvalue weighted by Crippen LogP contribution is -2.20. The Labute approximate surface area is 207 Å². The van der Waals surface area contributed by atoms with E-state index in [1.54, 1.807) is 36.1 Å². The Hall–Kier alpha value is -4.30. The summed E-state index contributed by atoms with van der Waals surface area (Å²) in [5, 5.41) is 11.3. The molecule has 5 rings (SSSR count). The first-order valence-electron chi connectivity index (χ1n) is 10.9. The third-order valence-corrected chi connectivity index (χ3v) is 5.91. The zero-order chi connectivity index (χ0) is 24.4.